The van der Waals surface area contributed by atoms with Crippen molar-refractivity contribution in [2.75, 3.05) is 0 Å². The summed E-state index contributed by atoms with van der Waals surface area (Å²) < 4.78 is 2.03. The van der Waals surface area contributed by atoms with E-state index in [0.29, 0.717) is 4.83 Å². The van der Waals surface area contributed by atoms with Gasteiger partial charge in [-0.3, -0.25) is 4.68 Å². The number of halogens is 1. The zero-order chi connectivity index (χ0) is 10.7. The predicted molar refractivity (Wildman–Crippen MR) is 66.4 cm³/mol. The smallest absolute Gasteiger partial charge is 0.0524 e. The van der Waals surface area contributed by atoms with E-state index in [4.69, 9.17) is 0 Å². The van der Waals surface area contributed by atoms with Crippen molar-refractivity contribution >= 4 is 15.9 Å². The Hall–Kier alpha value is -0.310. The molecule has 0 aromatic carbocycles. The van der Waals surface area contributed by atoms with Gasteiger partial charge in [0.15, 0.2) is 0 Å². The van der Waals surface area contributed by atoms with E-state index in [1.165, 1.54) is 37.7 Å². The van der Waals surface area contributed by atoms with Crippen LogP contribution in [0.5, 0.6) is 0 Å². The lowest BCUT2D eigenvalue weighted by Crippen LogP contribution is -2.03. The Balaban J connectivity index is 2.07. The molecule has 0 amide bonds. The van der Waals surface area contributed by atoms with E-state index in [9.17, 15) is 0 Å². The van der Waals surface area contributed by atoms with Crippen molar-refractivity contribution in [1.82, 2.24) is 9.78 Å². The first-order valence-corrected chi connectivity index (χ1v) is 6.87. The number of aromatic nitrogens is 2. The van der Waals surface area contributed by atoms with Crippen molar-refractivity contribution in [2.45, 2.75) is 56.3 Å². The van der Waals surface area contributed by atoms with Gasteiger partial charge in [-0.15, -0.1) is 0 Å². The fourth-order valence-electron chi connectivity index (χ4n) is 2.37. The molecule has 0 N–H and O–H groups in total. The highest BCUT2D eigenvalue weighted by Gasteiger charge is 2.20. The van der Waals surface area contributed by atoms with Crippen molar-refractivity contribution in [3.63, 3.8) is 0 Å². The van der Waals surface area contributed by atoms with Gasteiger partial charge in [-0.2, -0.15) is 5.10 Å². The van der Waals surface area contributed by atoms with Crippen LogP contribution in [0, 0.1) is 0 Å². The third-order valence-corrected chi connectivity index (χ3v) is 4.14. The molecule has 1 heterocycles. The maximum absolute atomic E-state index is 4.37. The van der Waals surface area contributed by atoms with Crippen molar-refractivity contribution < 1.29 is 0 Å². The van der Waals surface area contributed by atoms with Gasteiger partial charge in [-0.1, -0.05) is 28.8 Å². The minimum atomic E-state index is 0.704. The monoisotopic (exact) mass is 270 g/mol. The second kappa shape index (κ2) is 5.15. The predicted octanol–water partition coefficient (Wildman–Crippen LogP) is 3.71. The van der Waals surface area contributed by atoms with E-state index in [1.54, 1.807) is 0 Å². The van der Waals surface area contributed by atoms with E-state index in [0.717, 1.165) is 12.5 Å². The summed E-state index contributed by atoms with van der Waals surface area (Å²) >= 11 is 3.77. The van der Waals surface area contributed by atoms with E-state index in [1.807, 2.05) is 4.68 Å². The molecule has 84 valence electrons. The average molecular weight is 271 g/mol. The normalized spacial score (nSPS) is 27.6. The Morgan fingerprint density at radius 3 is 3.00 bits per heavy atom. The molecule has 1 aromatic heterocycles. The summed E-state index contributed by atoms with van der Waals surface area (Å²) in [6.45, 7) is 3.11. The molecule has 0 radical (unpaired) electrons. The lowest BCUT2D eigenvalue weighted by Gasteiger charge is -2.13. The lowest BCUT2D eigenvalue weighted by atomic mass is 9.94. The van der Waals surface area contributed by atoms with Gasteiger partial charge in [-0.05, 0) is 37.7 Å². The van der Waals surface area contributed by atoms with Crippen LogP contribution in [0.2, 0.25) is 0 Å². The molecule has 1 aromatic rings. The first-order chi connectivity index (χ1) is 7.29. The topological polar surface area (TPSA) is 17.8 Å². The number of aryl methyl sites for hydroxylation is 1. The summed E-state index contributed by atoms with van der Waals surface area (Å²) in [5, 5.41) is 4.37. The Kier molecular flexibility index (Phi) is 3.84. The van der Waals surface area contributed by atoms with Gasteiger partial charge in [0.25, 0.3) is 0 Å². The largest absolute Gasteiger partial charge is 0.273 e. The molecule has 1 fully saturated rings. The minimum Gasteiger partial charge on any atom is -0.273 e. The summed E-state index contributed by atoms with van der Waals surface area (Å²) in [6.07, 6.45) is 10.9. The highest BCUT2D eigenvalue weighted by atomic mass is 79.9. The molecule has 2 atom stereocenters. The first kappa shape index (κ1) is 11.2. The molecule has 0 saturated heterocycles. The van der Waals surface area contributed by atoms with E-state index < -0.39 is 0 Å². The average Bonchev–Trinajstić information content (AvgIpc) is 2.61. The lowest BCUT2D eigenvalue weighted by molar-refractivity contribution is 0.597. The van der Waals surface area contributed by atoms with Crippen LogP contribution in [0.1, 0.15) is 50.5 Å². The third-order valence-electron chi connectivity index (χ3n) is 3.31. The number of hydrogen-bond donors (Lipinski definition) is 0. The van der Waals surface area contributed by atoms with Crippen LogP contribution in [0.25, 0.3) is 0 Å². The van der Waals surface area contributed by atoms with Gasteiger partial charge in [0.1, 0.15) is 0 Å². The van der Waals surface area contributed by atoms with Crippen LogP contribution in [0.3, 0.4) is 0 Å². The van der Waals surface area contributed by atoms with Gasteiger partial charge < -0.3 is 0 Å². The molecule has 1 aliphatic rings. The van der Waals surface area contributed by atoms with Crippen LogP contribution in [-0.2, 0) is 6.54 Å². The quantitative estimate of drug-likeness (QED) is 0.592. The second-order valence-electron chi connectivity index (χ2n) is 4.44. The van der Waals surface area contributed by atoms with Crippen LogP contribution in [0.15, 0.2) is 12.4 Å². The van der Waals surface area contributed by atoms with Crippen molar-refractivity contribution in [1.29, 1.82) is 0 Å². The Morgan fingerprint density at radius 1 is 1.47 bits per heavy atom. The molecule has 0 spiro atoms. The van der Waals surface area contributed by atoms with Gasteiger partial charge in [0.2, 0.25) is 0 Å². The molecule has 0 aliphatic heterocycles. The minimum absolute atomic E-state index is 0.704. The zero-order valence-corrected chi connectivity index (χ0v) is 10.9. The Morgan fingerprint density at radius 2 is 2.27 bits per heavy atom. The summed E-state index contributed by atoms with van der Waals surface area (Å²) in [5.74, 6) is 0.720. The van der Waals surface area contributed by atoms with Gasteiger partial charge in [0.05, 0.1) is 6.20 Å². The van der Waals surface area contributed by atoms with Crippen molar-refractivity contribution in [3.8, 4) is 0 Å². The number of rotatable bonds is 2. The molecule has 1 saturated carbocycles. The highest BCUT2D eigenvalue weighted by molar-refractivity contribution is 9.09. The van der Waals surface area contributed by atoms with Gasteiger partial charge in [-0.25, -0.2) is 0 Å². The molecule has 2 unspecified atom stereocenters. The van der Waals surface area contributed by atoms with Crippen LogP contribution in [0.4, 0.5) is 0 Å². The maximum atomic E-state index is 4.37. The number of nitrogens with zero attached hydrogens (tertiary/aromatic N) is 2. The SMILES string of the molecule is CCn1cc(C2CCCCC(Br)C2)cn1. The van der Waals surface area contributed by atoms with Gasteiger partial charge >= 0.3 is 0 Å². The fourth-order valence-corrected chi connectivity index (χ4v) is 3.14. The molecular formula is C12H19BrN2. The summed E-state index contributed by atoms with van der Waals surface area (Å²) in [4.78, 5) is 0.704. The Labute approximate surface area is 100 Å². The Bertz CT molecular complexity index is 308. The number of alkyl halides is 1. The molecule has 3 heteroatoms. The summed E-state index contributed by atoms with van der Waals surface area (Å²) in [7, 11) is 0. The first-order valence-electron chi connectivity index (χ1n) is 5.96. The molecular weight excluding hydrogens is 252 g/mol. The van der Waals surface area contributed by atoms with E-state index in [2.05, 4.69) is 40.3 Å². The molecule has 0 bridgehead atoms. The maximum Gasteiger partial charge on any atom is 0.0524 e. The van der Waals surface area contributed by atoms with Crippen molar-refractivity contribution in [3.05, 3.63) is 18.0 Å². The third kappa shape index (κ3) is 2.83. The molecule has 2 rings (SSSR count). The van der Waals surface area contributed by atoms with Crippen molar-refractivity contribution in [2.24, 2.45) is 0 Å². The van der Waals surface area contributed by atoms with E-state index >= 15 is 0 Å². The van der Waals surface area contributed by atoms with Crippen LogP contribution < -0.4 is 0 Å². The fraction of sp³-hybridized carbons (Fsp3) is 0.750. The van der Waals surface area contributed by atoms with Gasteiger partial charge in [0, 0.05) is 17.6 Å². The summed E-state index contributed by atoms with van der Waals surface area (Å²) in [6, 6.07) is 0. The zero-order valence-electron chi connectivity index (χ0n) is 9.32. The highest BCUT2D eigenvalue weighted by Crippen LogP contribution is 2.34. The number of hydrogen-bond acceptors (Lipinski definition) is 1. The molecule has 2 nitrogen and oxygen atoms in total. The van der Waals surface area contributed by atoms with Crippen LogP contribution >= 0.6 is 15.9 Å². The molecule has 1 aliphatic carbocycles. The summed E-state index contributed by atoms with van der Waals surface area (Å²) in [5.41, 5.74) is 1.43. The van der Waals surface area contributed by atoms with E-state index in [-0.39, 0.29) is 0 Å². The standard InChI is InChI=1S/C12H19BrN2/c1-2-15-9-11(8-14-15)10-5-3-4-6-12(13)7-10/h8-10,12H,2-7H2,1H3. The van der Waals surface area contributed by atoms with Crippen LogP contribution in [-0.4, -0.2) is 14.6 Å². The molecule has 15 heavy (non-hydrogen) atoms. The second-order valence-corrected chi connectivity index (χ2v) is 5.74.